The van der Waals surface area contributed by atoms with Gasteiger partial charge in [-0.1, -0.05) is 19.3 Å². The van der Waals surface area contributed by atoms with Gasteiger partial charge in [0.05, 0.1) is 11.6 Å². The van der Waals surface area contributed by atoms with Gasteiger partial charge in [0.25, 0.3) is 0 Å². The maximum absolute atomic E-state index is 11.9. The molecule has 1 aliphatic carbocycles. The second-order valence-electron chi connectivity index (χ2n) is 7.30. The number of anilines is 1. The standard InChI is InChI=1S/C18H25N3O2/c1-18(2,3)23-17(22)19-14-9-10-16-13(11-14)12-21(20-16)15-7-5-4-6-8-15/h9-12,15H,4-8H2,1-3H3,(H,19,22). The van der Waals surface area contributed by atoms with Crippen LogP contribution in [0.15, 0.2) is 24.4 Å². The molecule has 0 atom stereocenters. The van der Waals surface area contributed by atoms with Gasteiger partial charge in [0.15, 0.2) is 0 Å². The summed E-state index contributed by atoms with van der Waals surface area (Å²) in [7, 11) is 0. The van der Waals surface area contributed by atoms with E-state index in [1.165, 1.54) is 32.1 Å². The molecule has 1 aromatic carbocycles. The first-order valence-electron chi connectivity index (χ1n) is 8.40. The van der Waals surface area contributed by atoms with E-state index in [4.69, 9.17) is 4.74 Å². The van der Waals surface area contributed by atoms with Crippen molar-refractivity contribution in [1.82, 2.24) is 9.78 Å². The topological polar surface area (TPSA) is 56.1 Å². The zero-order valence-electron chi connectivity index (χ0n) is 14.1. The first kappa shape index (κ1) is 15.8. The number of rotatable bonds is 2. The predicted octanol–water partition coefficient (Wildman–Crippen LogP) is 4.89. The lowest BCUT2D eigenvalue weighted by molar-refractivity contribution is 0.0636. The van der Waals surface area contributed by atoms with Crippen LogP contribution in [0.1, 0.15) is 58.9 Å². The van der Waals surface area contributed by atoms with Crippen LogP contribution in [0.25, 0.3) is 10.9 Å². The molecular weight excluding hydrogens is 290 g/mol. The van der Waals surface area contributed by atoms with Gasteiger partial charge in [-0.05, 0) is 51.8 Å². The Morgan fingerprint density at radius 3 is 2.70 bits per heavy atom. The van der Waals surface area contributed by atoms with Crippen LogP contribution in [0.5, 0.6) is 0 Å². The fourth-order valence-electron chi connectivity index (χ4n) is 3.08. The van der Waals surface area contributed by atoms with Crippen molar-refractivity contribution >= 4 is 22.7 Å². The average Bonchev–Trinajstić information content (AvgIpc) is 2.89. The van der Waals surface area contributed by atoms with Crippen LogP contribution >= 0.6 is 0 Å². The van der Waals surface area contributed by atoms with E-state index in [1.54, 1.807) is 0 Å². The number of nitrogens with zero attached hydrogens (tertiary/aromatic N) is 2. The summed E-state index contributed by atoms with van der Waals surface area (Å²) >= 11 is 0. The average molecular weight is 315 g/mol. The van der Waals surface area contributed by atoms with Crippen LogP contribution < -0.4 is 5.32 Å². The van der Waals surface area contributed by atoms with Crippen molar-refractivity contribution in [1.29, 1.82) is 0 Å². The van der Waals surface area contributed by atoms with Gasteiger partial charge in [0.1, 0.15) is 5.60 Å². The number of amides is 1. The number of fused-ring (bicyclic) bond motifs is 1. The molecule has 1 heterocycles. The minimum absolute atomic E-state index is 0.434. The van der Waals surface area contributed by atoms with E-state index in [9.17, 15) is 4.79 Å². The van der Waals surface area contributed by atoms with E-state index in [0.29, 0.717) is 6.04 Å². The van der Waals surface area contributed by atoms with Crippen LogP contribution in [0.2, 0.25) is 0 Å². The summed E-state index contributed by atoms with van der Waals surface area (Å²) in [5.41, 5.74) is 1.19. The monoisotopic (exact) mass is 315 g/mol. The molecule has 124 valence electrons. The van der Waals surface area contributed by atoms with Gasteiger partial charge in [-0.2, -0.15) is 5.10 Å². The second-order valence-corrected chi connectivity index (χ2v) is 7.30. The lowest BCUT2D eigenvalue weighted by Gasteiger charge is -2.21. The Labute approximate surface area is 137 Å². The molecule has 1 aromatic heterocycles. The fraction of sp³-hybridized carbons (Fsp3) is 0.556. The normalized spacial score (nSPS) is 16.5. The third-order valence-electron chi connectivity index (χ3n) is 4.12. The van der Waals surface area contributed by atoms with Crippen molar-refractivity contribution < 1.29 is 9.53 Å². The van der Waals surface area contributed by atoms with Gasteiger partial charge in [-0.3, -0.25) is 10.00 Å². The molecule has 5 nitrogen and oxygen atoms in total. The minimum Gasteiger partial charge on any atom is -0.444 e. The molecular formula is C18H25N3O2. The third-order valence-corrected chi connectivity index (χ3v) is 4.12. The number of aromatic nitrogens is 2. The number of ether oxygens (including phenoxy) is 1. The molecule has 5 heteroatoms. The van der Waals surface area contributed by atoms with E-state index in [2.05, 4.69) is 21.3 Å². The molecule has 1 aliphatic rings. The van der Waals surface area contributed by atoms with Crippen molar-refractivity contribution in [3.63, 3.8) is 0 Å². The van der Waals surface area contributed by atoms with E-state index in [0.717, 1.165) is 16.6 Å². The highest BCUT2D eigenvalue weighted by atomic mass is 16.6. The maximum Gasteiger partial charge on any atom is 0.412 e. The van der Waals surface area contributed by atoms with E-state index >= 15 is 0 Å². The Morgan fingerprint density at radius 2 is 2.00 bits per heavy atom. The molecule has 3 rings (SSSR count). The first-order chi connectivity index (χ1) is 10.9. The summed E-state index contributed by atoms with van der Waals surface area (Å²) < 4.78 is 7.38. The first-order valence-corrected chi connectivity index (χ1v) is 8.40. The van der Waals surface area contributed by atoms with Gasteiger partial charge in [0, 0.05) is 17.3 Å². The SMILES string of the molecule is CC(C)(C)OC(=O)Nc1ccc2nn(C3CCCCC3)cc2c1. The van der Waals surface area contributed by atoms with E-state index in [-0.39, 0.29) is 0 Å². The summed E-state index contributed by atoms with van der Waals surface area (Å²) in [5.74, 6) is 0. The highest BCUT2D eigenvalue weighted by molar-refractivity contribution is 5.89. The van der Waals surface area contributed by atoms with Gasteiger partial charge < -0.3 is 4.74 Å². The summed E-state index contributed by atoms with van der Waals surface area (Å²) in [4.78, 5) is 11.9. The smallest absolute Gasteiger partial charge is 0.412 e. The Kier molecular flexibility index (Phi) is 4.28. The number of hydrogen-bond acceptors (Lipinski definition) is 3. The molecule has 0 aliphatic heterocycles. The van der Waals surface area contributed by atoms with Crippen LogP contribution in [-0.4, -0.2) is 21.5 Å². The van der Waals surface area contributed by atoms with Crippen LogP contribution in [0.4, 0.5) is 10.5 Å². The zero-order valence-corrected chi connectivity index (χ0v) is 14.1. The molecule has 0 spiro atoms. The van der Waals surface area contributed by atoms with Crippen molar-refractivity contribution in [3.8, 4) is 0 Å². The van der Waals surface area contributed by atoms with Crippen LogP contribution in [0, 0.1) is 0 Å². The number of benzene rings is 1. The molecule has 0 bridgehead atoms. The molecule has 2 aromatic rings. The van der Waals surface area contributed by atoms with Crippen LogP contribution in [-0.2, 0) is 4.74 Å². The molecule has 0 radical (unpaired) electrons. The highest BCUT2D eigenvalue weighted by Gasteiger charge is 2.18. The highest BCUT2D eigenvalue weighted by Crippen LogP contribution is 2.29. The number of nitrogens with one attached hydrogen (secondary N) is 1. The molecule has 0 unspecified atom stereocenters. The summed E-state index contributed by atoms with van der Waals surface area (Å²) in [6.07, 6.45) is 7.97. The Morgan fingerprint density at radius 1 is 1.26 bits per heavy atom. The van der Waals surface area contributed by atoms with Gasteiger partial charge in [-0.25, -0.2) is 4.79 Å². The molecule has 1 saturated carbocycles. The largest absolute Gasteiger partial charge is 0.444 e. The van der Waals surface area contributed by atoms with E-state index in [1.807, 2.05) is 39.0 Å². The Balaban J connectivity index is 1.75. The molecule has 1 fully saturated rings. The van der Waals surface area contributed by atoms with Gasteiger partial charge >= 0.3 is 6.09 Å². The van der Waals surface area contributed by atoms with Crippen LogP contribution in [0.3, 0.4) is 0 Å². The van der Waals surface area contributed by atoms with Gasteiger partial charge in [-0.15, -0.1) is 0 Å². The van der Waals surface area contributed by atoms with Crippen molar-refractivity contribution in [2.45, 2.75) is 64.5 Å². The minimum atomic E-state index is -0.500. The zero-order chi connectivity index (χ0) is 16.4. The van der Waals surface area contributed by atoms with Crippen molar-refractivity contribution in [2.24, 2.45) is 0 Å². The second kappa shape index (κ2) is 6.22. The Hall–Kier alpha value is -2.04. The molecule has 1 amide bonds. The fourth-order valence-corrected chi connectivity index (χ4v) is 3.08. The third kappa shape index (κ3) is 4.03. The predicted molar refractivity (Wildman–Crippen MR) is 91.7 cm³/mol. The van der Waals surface area contributed by atoms with E-state index < -0.39 is 11.7 Å². The summed E-state index contributed by atoms with van der Waals surface area (Å²) in [5, 5.41) is 8.52. The molecule has 1 N–H and O–H groups in total. The maximum atomic E-state index is 11.9. The summed E-state index contributed by atoms with van der Waals surface area (Å²) in [6, 6.07) is 6.27. The van der Waals surface area contributed by atoms with Crippen molar-refractivity contribution in [3.05, 3.63) is 24.4 Å². The van der Waals surface area contributed by atoms with Crippen molar-refractivity contribution in [2.75, 3.05) is 5.32 Å². The lowest BCUT2D eigenvalue weighted by Crippen LogP contribution is -2.27. The summed E-state index contributed by atoms with van der Waals surface area (Å²) in [6.45, 7) is 5.55. The Bertz CT molecular complexity index is 694. The number of carbonyl (C=O) groups excluding carboxylic acids is 1. The quantitative estimate of drug-likeness (QED) is 0.858. The molecule has 0 saturated heterocycles. The lowest BCUT2D eigenvalue weighted by atomic mass is 9.96. The number of carbonyl (C=O) groups is 1. The molecule has 23 heavy (non-hydrogen) atoms. The number of hydrogen-bond donors (Lipinski definition) is 1. The van der Waals surface area contributed by atoms with Gasteiger partial charge in [0.2, 0.25) is 0 Å².